The Bertz CT molecular complexity index is 523. The molecular formula is C14H14N2O2. The van der Waals surface area contributed by atoms with Crippen LogP contribution in [0.25, 0.3) is 0 Å². The van der Waals surface area contributed by atoms with E-state index < -0.39 is 11.9 Å². The summed E-state index contributed by atoms with van der Waals surface area (Å²) in [4.78, 5) is 15.3. The third-order valence-electron chi connectivity index (χ3n) is 2.80. The van der Waals surface area contributed by atoms with Crippen molar-refractivity contribution >= 4 is 11.7 Å². The normalized spacial score (nSPS) is 12.0. The number of carboxylic acids is 1. The molecule has 4 nitrogen and oxygen atoms in total. The smallest absolute Gasteiger partial charge is 0.311 e. The standard InChI is InChI=1S/C14H14N2O2/c15-12-5-3-11(4-6-12)13(14(17)18)8-10-2-1-7-16-9-10/h1-7,9,13H,8,15H2,(H,17,18). The molecule has 2 rings (SSSR count). The molecule has 18 heavy (non-hydrogen) atoms. The van der Waals surface area contributed by atoms with Crippen LogP contribution in [0.3, 0.4) is 0 Å². The van der Waals surface area contributed by atoms with Gasteiger partial charge in [-0.1, -0.05) is 18.2 Å². The van der Waals surface area contributed by atoms with Crippen LogP contribution in [0.1, 0.15) is 17.0 Å². The van der Waals surface area contributed by atoms with Gasteiger partial charge >= 0.3 is 5.97 Å². The number of aliphatic carboxylic acids is 1. The summed E-state index contributed by atoms with van der Waals surface area (Å²) in [6.45, 7) is 0. The maximum Gasteiger partial charge on any atom is 0.311 e. The van der Waals surface area contributed by atoms with Crippen molar-refractivity contribution in [1.29, 1.82) is 0 Å². The number of nitrogens with zero attached hydrogens (tertiary/aromatic N) is 1. The third kappa shape index (κ3) is 2.85. The predicted octanol–water partition coefficient (Wildman–Crippen LogP) is 2.07. The minimum atomic E-state index is -0.844. The second-order valence-corrected chi connectivity index (χ2v) is 4.12. The Labute approximate surface area is 105 Å². The molecule has 3 N–H and O–H groups in total. The Kier molecular flexibility index (Phi) is 3.57. The highest BCUT2D eigenvalue weighted by Crippen LogP contribution is 2.22. The van der Waals surface area contributed by atoms with Gasteiger partial charge in [-0.25, -0.2) is 0 Å². The van der Waals surface area contributed by atoms with Crippen molar-refractivity contribution in [2.24, 2.45) is 0 Å². The van der Waals surface area contributed by atoms with E-state index in [1.54, 1.807) is 42.7 Å². The highest BCUT2D eigenvalue weighted by molar-refractivity contribution is 5.76. The van der Waals surface area contributed by atoms with Crippen LogP contribution in [-0.2, 0) is 11.2 Å². The molecule has 0 aliphatic heterocycles. The molecule has 0 saturated carbocycles. The van der Waals surface area contributed by atoms with E-state index in [0.29, 0.717) is 12.1 Å². The van der Waals surface area contributed by atoms with Crippen LogP contribution >= 0.6 is 0 Å². The van der Waals surface area contributed by atoms with Gasteiger partial charge in [-0.15, -0.1) is 0 Å². The molecule has 0 saturated heterocycles. The Balaban J connectivity index is 2.24. The zero-order valence-corrected chi connectivity index (χ0v) is 9.78. The number of pyridine rings is 1. The first-order valence-corrected chi connectivity index (χ1v) is 5.64. The van der Waals surface area contributed by atoms with Gasteiger partial charge in [-0.2, -0.15) is 0 Å². The Morgan fingerprint density at radius 1 is 1.28 bits per heavy atom. The van der Waals surface area contributed by atoms with Gasteiger partial charge in [0.15, 0.2) is 0 Å². The summed E-state index contributed by atoms with van der Waals surface area (Å²) < 4.78 is 0. The van der Waals surface area contributed by atoms with Crippen LogP contribution in [0.2, 0.25) is 0 Å². The minimum Gasteiger partial charge on any atom is -0.481 e. The van der Waals surface area contributed by atoms with E-state index in [4.69, 9.17) is 5.73 Å². The number of nitrogen functional groups attached to an aromatic ring is 1. The van der Waals surface area contributed by atoms with Gasteiger partial charge in [-0.05, 0) is 35.7 Å². The summed E-state index contributed by atoms with van der Waals surface area (Å²) in [5, 5.41) is 9.31. The lowest BCUT2D eigenvalue weighted by molar-refractivity contribution is -0.138. The molecule has 1 heterocycles. The zero-order chi connectivity index (χ0) is 13.0. The fraction of sp³-hybridized carbons (Fsp3) is 0.143. The molecule has 0 aliphatic carbocycles. The first kappa shape index (κ1) is 12.1. The number of nitrogens with two attached hydrogens (primary N) is 1. The number of hydrogen-bond donors (Lipinski definition) is 2. The number of anilines is 1. The SMILES string of the molecule is Nc1ccc(C(Cc2cccnc2)C(=O)O)cc1. The first-order valence-electron chi connectivity index (χ1n) is 5.64. The highest BCUT2D eigenvalue weighted by Gasteiger charge is 2.20. The molecule has 0 fully saturated rings. The summed E-state index contributed by atoms with van der Waals surface area (Å²) >= 11 is 0. The van der Waals surface area contributed by atoms with E-state index in [2.05, 4.69) is 4.98 Å². The van der Waals surface area contributed by atoms with E-state index in [1.807, 2.05) is 6.07 Å². The van der Waals surface area contributed by atoms with E-state index in [1.165, 1.54) is 0 Å². The Morgan fingerprint density at radius 3 is 2.56 bits per heavy atom. The average Bonchev–Trinajstić information content (AvgIpc) is 2.38. The quantitative estimate of drug-likeness (QED) is 0.805. The summed E-state index contributed by atoms with van der Waals surface area (Å²) in [6, 6.07) is 10.6. The van der Waals surface area contributed by atoms with E-state index in [-0.39, 0.29) is 0 Å². The van der Waals surface area contributed by atoms with Gasteiger partial charge in [0, 0.05) is 18.1 Å². The van der Waals surface area contributed by atoms with Crippen LogP contribution in [0.5, 0.6) is 0 Å². The molecule has 92 valence electrons. The summed E-state index contributed by atoms with van der Waals surface area (Å²) in [5.74, 6) is -1.42. The molecule has 0 bridgehead atoms. The van der Waals surface area contributed by atoms with Crippen molar-refractivity contribution in [3.8, 4) is 0 Å². The fourth-order valence-electron chi connectivity index (χ4n) is 1.83. The van der Waals surface area contributed by atoms with Gasteiger partial charge in [0.2, 0.25) is 0 Å². The van der Waals surface area contributed by atoms with E-state index in [0.717, 1.165) is 11.1 Å². The molecule has 0 spiro atoms. The van der Waals surface area contributed by atoms with Gasteiger partial charge in [0.25, 0.3) is 0 Å². The molecule has 0 aliphatic rings. The lowest BCUT2D eigenvalue weighted by atomic mass is 9.92. The lowest BCUT2D eigenvalue weighted by Gasteiger charge is -2.12. The van der Waals surface area contributed by atoms with Crippen molar-refractivity contribution in [2.45, 2.75) is 12.3 Å². The van der Waals surface area contributed by atoms with Crippen LogP contribution < -0.4 is 5.73 Å². The number of carbonyl (C=O) groups is 1. The van der Waals surface area contributed by atoms with E-state index in [9.17, 15) is 9.90 Å². The average molecular weight is 242 g/mol. The number of hydrogen-bond acceptors (Lipinski definition) is 3. The molecule has 1 aromatic carbocycles. The minimum absolute atomic E-state index is 0.424. The molecular weight excluding hydrogens is 228 g/mol. The third-order valence-corrected chi connectivity index (χ3v) is 2.80. The zero-order valence-electron chi connectivity index (χ0n) is 9.78. The van der Waals surface area contributed by atoms with Gasteiger partial charge < -0.3 is 10.8 Å². The predicted molar refractivity (Wildman–Crippen MR) is 69.2 cm³/mol. The highest BCUT2D eigenvalue weighted by atomic mass is 16.4. The summed E-state index contributed by atoms with van der Waals surface area (Å²) in [7, 11) is 0. The molecule has 0 amide bonds. The van der Waals surface area contributed by atoms with Crippen molar-refractivity contribution in [1.82, 2.24) is 4.98 Å². The Hall–Kier alpha value is -2.36. The summed E-state index contributed by atoms with van der Waals surface area (Å²) in [6.07, 6.45) is 3.78. The molecule has 4 heteroatoms. The molecule has 2 aromatic rings. The van der Waals surface area contributed by atoms with Crippen molar-refractivity contribution in [3.63, 3.8) is 0 Å². The molecule has 0 radical (unpaired) electrons. The van der Waals surface area contributed by atoms with Gasteiger partial charge in [0.1, 0.15) is 0 Å². The maximum absolute atomic E-state index is 11.3. The topological polar surface area (TPSA) is 76.2 Å². The second kappa shape index (κ2) is 5.31. The van der Waals surface area contributed by atoms with Crippen LogP contribution in [0.4, 0.5) is 5.69 Å². The first-order chi connectivity index (χ1) is 8.66. The number of carboxylic acid groups (broad SMARTS) is 1. The number of benzene rings is 1. The van der Waals surface area contributed by atoms with Crippen LogP contribution in [0, 0.1) is 0 Å². The number of aromatic nitrogens is 1. The van der Waals surface area contributed by atoms with Crippen molar-refractivity contribution < 1.29 is 9.90 Å². The van der Waals surface area contributed by atoms with Gasteiger partial charge in [-0.3, -0.25) is 9.78 Å². The monoisotopic (exact) mass is 242 g/mol. The van der Waals surface area contributed by atoms with Crippen LogP contribution in [-0.4, -0.2) is 16.1 Å². The van der Waals surface area contributed by atoms with Crippen molar-refractivity contribution in [3.05, 3.63) is 59.9 Å². The second-order valence-electron chi connectivity index (χ2n) is 4.12. The Morgan fingerprint density at radius 2 is 2.00 bits per heavy atom. The molecule has 1 unspecified atom stereocenters. The largest absolute Gasteiger partial charge is 0.481 e. The lowest BCUT2D eigenvalue weighted by Crippen LogP contribution is -2.14. The summed E-state index contributed by atoms with van der Waals surface area (Å²) in [5.41, 5.74) is 7.88. The van der Waals surface area contributed by atoms with Crippen molar-refractivity contribution in [2.75, 3.05) is 5.73 Å². The molecule has 1 aromatic heterocycles. The van der Waals surface area contributed by atoms with Crippen LogP contribution in [0.15, 0.2) is 48.8 Å². The maximum atomic E-state index is 11.3. The van der Waals surface area contributed by atoms with E-state index >= 15 is 0 Å². The fourth-order valence-corrected chi connectivity index (χ4v) is 1.83. The number of rotatable bonds is 4. The van der Waals surface area contributed by atoms with Gasteiger partial charge in [0.05, 0.1) is 5.92 Å². The molecule has 1 atom stereocenters.